The summed E-state index contributed by atoms with van der Waals surface area (Å²) in [5.41, 5.74) is 2.40. The van der Waals surface area contributed by atoms with Gasteiger partial charge in [-0.05, 0) is 48.0 Å². The third kappa shape index (κ3) is 5.40. The standard InChI is InChI=1S/C27H26FN3O3S/c28-21-5-3-4-19(16-21)18-31-23-17-20(26(32)29-10-11-30-12-14-34-15-13-30)8-9-25(23)35-24-7-2-1-6-22(24)27(31)33/h1-9,16-17H,10-15,18H2,(H,29,32)/p+1. The van der Waals surface area contributed by atoms with Crippen molar-refractivity contribution in [3.05, 3.63) is 89.2 Å². The first kappa shape index (κ1) is 23.5. The van der Waals surface area contributed by atoms with E-state index in [-0.39, 0.29) is 24.2 Å². The zero-order chi connectivity index (χ0) is 24.2. The van der Waals surface area contributed by atoms with Crippen LogP contribution >= 0.6 is 11.8 Å². The Kier molecular flexibility index (Phi) is 7.13. The molecule has 0 bridgehead atoms. The quantitative estimate of drug-likeness (QED) is 0.556. The third-order valence-electron chi connectivity index (χ3n) is 6.29. The van der Waals surface area contributed by atoms with Gasteiger partial charge >= 0.3 is 0 Å². The van der Waals surface area contributed by atoms with Crippen LogP contribution < -0.4 is 15.1 Å². The number of quaternary nitrogens is 1. The van der Waals surface area contributed by atoms with Crippen molar-refractivity contribution in [2.45, 2.75) is 16.3 Å². The van der Waals surface area contributed by atoms with Gasteiger partial charge in [-0.15, -0.1) is 0 Å². The summed E-state index contributed by atoms with van der Waals surface area (Å²) in [4.78, 5) is 31.4. The number of anilines is 1. The van der Waals surface area contributed by atoms with Gasteiger partial charge in [-0.2, -0.15) is 0 Å². The van der Waals surface area contributed by atoms with Gasteiger partial charge in [-0.1, -0.05) is 36.0 Å². The minimum absolute atomic E-state index is 0.176. The molecule has 0 aromatic heterocycles. The monoisotopic (exact) mass is 492 g/mol. The zero-order valence-corrected chi connectivity index (χ0v) is 20.1. The van der Waals surface area contributed by atoms with Crippen LogP contribution in [0.25, 0.3) is 0 Å². The van der Waals surface area contributed by atoms with Crippen LogP contribution in [0.15, 0.2) is 76.5 Å². The molecule has 0 radical (unpaired) electrons. The summed E-state index contributed by atoms with van der Waals surface area (Å²) in [7, 11) is 0. The molecule has 2 N–H and O–H groups in total. The summed E-state index contributed by atoms with van der Waals surface area (Å²) >= 11 is 1.50. The maximum absolute atomic E-state index is 13.9. The largest absolute Gasteiger partial charge is 0.370 e. The Labute approximate surface area is 208 Å². The number of amides is 2. The summed E-state index contributed by atoms with van der Waals surface area (Å²) in [5, 5.41) is 3.01. The first-order chi connectivity index (χ1) is 17.1. The average Bonchev–Trinajstić information content (AvgIpc) is 2.99. The van der Waals surface area contributed by atoms with Crippen molar-refractivity contribution in [3.8, 4) is 0 Å². The third-order valence-corrected chi connectivity index (χ3v) is 7.43. The van der Waals surface area contributed by atoms with E-state index >= 15 is 0 Å². The number of benzene rings is 3. The molecule has 8 heteroatoms. The van der Waals surface area contributed by atoms with Gasteiger partial charge in [-0.25, -0.2) is 4.39 Å². The number of carbonyl (C=O) groups is 2. The van der Waals surface area contributed by atoms with Crippen molar-refractivity contribution in [1.29, 1.82) is 0 Å². The van der Waals surface area contributed by atoms with Gasteiger partial charge in [0.05, 0.1) is 44.1 Å². The summed E-state index contributed by atoms with van der Waals surface area (Å²) in [5.74, 6) is -0.703. The van der Waals surface area contributed by atoms with Crippen LogP contribution in [0.5, 0.6) is 0 Å². The van der Waals surface area contributed by atoms with E-state index in [0.717, 1.165) is 42.6 Å². The van der Waals surface area contributed by atoms with Crippen molar-refractivity contribution >= 4 is 29.3 Å². The normalized spacial score (nSPS) is 15.8. The summed E-state index contributed by atoms with van der Waals surface area (Å²) < 4.78 is 19.3. The maximum Gasteiger partial charge on any atom is 0.259 e. The van der Waals surface area contributed by atoms with Crippen LogP contribution in [-0.2, 0) is 11.3 Å². The number of hydrogen-bond donors (Lipinski definition) is 2. The highest BCUT2D eigenvalue weighted by Gasteiger charge is 2.28. The molecular weight excluding hydrogens is 465 g/mol. The van der Waals surface area contributed by atoms with E-state index in [1.54, 1.807) is 35.2 Å². The van der Waals surface area contributed by atoms with Gasteiger partial charge in [-0.3, -0.25) is 9.59 Å². The molecule has 5 rings (SSSR count). The molecule has 2 aliphatic heterocycles. The molecule has 35 heavy (non-hydrogen) atoms. The molecule has 0 atom stereocenters. The number of morpholine rings is 1. The molecule has 2 heterocycles. The number of fused-ring (bicyclic) bond motifs is 2. The lowest BCUT2D eigenvalue weighted by atomic mass is 10.1. The Morgan fingerprint density at radius 2 is 1.86 bits per heavy atom. The smallest absolute Gasteiger partial charge is 0.259 e. The van der Waals surface area contributed by atoms with Gasteiger partial charge in [0.2, 0.25) is 0 Å². The van der Waals surface area contributed by atoms with Gasteiger partial charge < -0.3 is 19.9 Å². The molecular formula is C27H27FN3O3S+. The Hall–Kier alpha value is -3.20. The lowest BCUT2D eigenvalue weighted by Gasteiger charge is -2.24. The van der Waals surface area contributed by atoms with Crippen LogP contribution in [0.1, 0.15) is 26.3 Å². The molecule has 2 aliphatic rings. The van der Waals surface area contributed by atoms with E-state index in [1.165, 1.54) is 28.8 Å². The second-order valence-corrected chi connectivity index (χ2v) is 9.75. The molecule has 0 saturated carbocycles. The topological polar surface area (TPSA) is 63.1 Å². The van der Waals surface area contributed by atoms with Crippen molar-refractivity contribution in [2.75, 3.05) is 44.3 Å². The minimum atomic E-state index is -0.352. The number of hydrogen-bond acceptors (Lipinski definition) is 4. The summed E-state index contributed by atoms with van der Waals surface area (Å²) in [6, 6.07) is 19.2. The van der Waals surface area contributed by atoms with E-state index in [4.69, 9.17) is 4.74 Å². The van der Waals surface area contributed by atoms with Crippen molar-refractivity contribution in [1.82, 2.24) is 5.32 Å². The number of nitrogens with one attached hydrogen (secondary N) is 2. The van der Waals surface area contributed by atoms with Crippen molar-refractivity contribution in [2.24, 2.45) is 0 Å². The highest BCUT2D eigenvalue weighted by molar-refractivity contribution is 7.99. The van der Waals surface area contributed by atoms with Crippen LogP contribution in [-0.4, -0.2) is 51.2 Å². The molecule has 1 fully saturated rings. The number of carbonyl (C=O) groups excluding carboxylic acids is 2. The number of nitrogens with zero attached hydrogens (tertiary/aromatic N) is 1. The second-order valence-electron chi connectivity index (χ2n) is 8.67. The molecule has 0 spiro atoms. The molecule has 2 amide bonds. The van der Waals surface area contributed by atoms with Gasteiger partial charge in [0.15, 0.2) is 0 Å². The van der Waals surface area contributed by atoms with Crippen LogP contribution in [0.4, 0.5) is 10.1 Å². The molecule has 0 unspecified atom stereocenters. The fourth-order valence-corrected chi connectivity index (χ4v) is 5.46. The van der Waals surface area contributed by atoms with Gasteiger partial charge in [0.25, 0.3) is 11.8 Å². The van der Waals surface area contributed by atoms with Crippen molar-refractivity contribution in [3.63, 3.8) is 0 Å². The fraction of sp³-hybridized carbons (Fsp3) is 0.259. The second kappa shape index (κ2) is 10.6. The maximum atomic E-state index is 13.9. The first-order valence-corrected chi connectivity index (χ1v) is 12.6. The molecule has 3 aromatic carbocycles. The van der Waals surface area contributed by atoms with Gasteiger partial charge in [0.1, 0.15) is 18.9 Å². The summed E-state index contributed by atoms with van der Waals surface area (Å²) in [6.07, 6.45) is 0. The predicted octanol–water partition coefficient (Wildman–Crippen LogP) is 2.78. The van der Waals surface area contributed by atoms with E-state index in [0.29, 0.717) is 28.9 Å². The Bertz CT molecular complexity index is 1250. The van der Waals surface area contributed by atoms with E-state index < -0.39 is 0 Å². The Morgan fingerprint density at radius 3 is 2.69 bits per heavy atom. The highest BCUT2D eigenvalue weighted by Crippen LogP contribution is 2.42. The lowest BCUT2D eigenvalue weighted by Crippen LogP contribution is -3.14. The van der Waals surface area contributed by atoms with Crippen molar-refractivity contribution < 1.29 is 23.6 Å². The number of halogens is 1. The Morgan fingerprint density at radius 1 is 1.03 bits per heavy atom. The Balaban J connectivity index is 1.41. The molecule has 180 valence electrons. The van der Waals surface area contributed by atoms with E-state index in [9.17, 15) is 14.0 Å². The molecule has 6 nitrogen and oxygen atoms in total. The highest BCUT2D eigenvalue weighted by atomic mass is 32.2. The SMILES string of the molecule is O=C(NCC[NH+]1CCOCC1)c1ccc2c(c1)N(Cc1cccc(F)c1)C(=O)c1ccccc1S2. The lowest BCUT2D eigenvalue weighted by molar-refractivity contribution is -0.906. The van der Waals surface area contributed by atoms with Crippen LogP contribution in [0.2, 0.25) is 0 Å². The predicted molar refractivity (Wildman–Crippen MR) is 133 cm³/mol. The first-order valence-electron chi connectivity index (χ1n) is 11.8. The average molecular weight is 493 g/mol. The molecule has 1 saturated heterocycles. The van der Waals surface area contributed by atoms with Crippen LogP contribution in [0, 0.1) is 5.82 Å². The molecule has 0 aliphatic carbocycles. The fourth-order valence-electron chi connectivity index (χ4n) is 4.40. The number of ether oxygens (including phenoxy) is 1. The van der Waals surface area contributed by atoms with Crippen LogP contribution in [0.3, 0.4) is 0 Å². The zero-order valence-electron chi connectivity index (χ0n) is 19.3. The van der Waals surface area contributed by atoms with Gasteiger partial charge in [0, 0.05) is 15.4 Å². The number of rotatable bonds is 6. The van der Waals surface area contributed by atoms with E-state index in [2.05, 4.69) is 5.32 Å². The summed E-state index contributed by atoms with van der Waals surface area (Å²) in [6.45, 7) is 5.01. The van der Waals surface area contributed by atoms with E-state index in [1.807, 2.05) is 24.3 Å². The minimum Gasteiger partial charge on any atom is -0.370 e. The molecule has 3 aromatic rings.